The number of likely N-dealkylation sites (N-methyl/N-ethyl adjacent to an activating group) is 1. The minimum atomic E-state index is -0.287. The average molecular weight is 564 g/mol. The standard InChI is InChI=1S/C20H20FN3O2S.C9H10N2S/c1-24(10-11-25)20(19-3-2-12-27-19)23-17-9-8-16(22-18(17)13-26)14-4-6-15(21)7-5-14;1-10-6-8-4-7-5-11-3-2-9(7)12-8/h2-7,11-13,16,22H,8-10H2,1H3;2-5,10H,6H2,1H3/t16-;/m0./s1. The van der Waals surface area contributed by atoms with Crippen molar-refractivity contribution < 1.29 is 14.0 Å². The second-order valence-electron chi connectivity index (χ2n) is 8.88. The summed E-state index contributed by atoms with van der Waals surface area (Å²) in [6, 6.07) is 14.3. The number of thiophene rings is 2. The third-order valence-electron chi connectivity index (χ3n) is 6.11. The number of benzene rings is 1. The number of amidine groups is 1. The highest BCUT2D eigenvalue weighted by Gasteiger charge is 2.22. The molecule has 0 spiro atoms. The first-order chi connectivity index (χ1) is 19.0. The number of aldehydes is 2. The molecule has 39 heavy (non-hydrogen) atoms. The van der Waals surface area contributed by atoms with E-state index in [9.17, 15) is 14.0 Å². The lowest BCUT2D eigenvalue weighted by molar-refractivity contribution is -0.108. The number of hydrogen-bond donors (Lipinski definition) is 2. The Morgan fingerprint density at radius 2 is 2.08 bits per heavy atom. The van der Waals surface area contributed by atoms with Crippen LogP contribution in [0.2, 0.25) is 0 Å². The Morgan fingerprint density at radius 3 is 2.74 bits per heavy atom. The molecular weight excluding hydrogens is 533 g/mol. The Bertz CT molecular complexity index is 1420. The topological polar surface area (TPSA) is 86.7 Å². The number of rotatable bonds is 8. The van der Waals surface area contributed by atoms with Gasteiger partial charge in [-0.25, -0.2) is 9.38 Å². The predicted octanol–water partition coefficient (Wildman–Crippen LogP) is 5.32. The summed E-state index contributed by atoms with van der Waals surface area (Å²) in [6.45, 7) is 1.16. The van der Waals surface area contributed by atoms with Gasteiger partial charge in [0.1, 0.15) is 17.9 Å². The monoisotopic (exact) mass is 563 g/mol. The van der Waals surface area contributed by atoms with Crippen LogP contribution in [0.1, 0.15) is 34.2 Å². The van der Waals surface area contributed by atoms with Gasteiger partial charge in [0.25, 0.3) is 0 Å². The first kappa shape index (κ1) is 28.3. The van der Waals surface area contributed by atoms with Gasteiger partial charge < -0.3 is 20.3 Å². The van der Waals surface area contributed by atoms with E-state index in [0.29, 0.717) is 23.7 Å². The Labute approximate surface area is 235 Å². The maximum absolute atomic E-state index is 13.1. The molecule has 4 aromatic rings. The van der Waals surface area contributed by atoms with Gasteiger partial charge >= 0.3 is 0 Å². The number of aliphatic imine (C=N–C) groups is 1. The van der Waals surface area contributed by atoms with E-state index in [4.69, 9.17) is 4.99 Å². The molecule has 1 aliphatic heterocycles. The zero-order valence-corrected chi connectivity index (χ0v) is 23.4. The van der Waals surface area contributed by atoms with Crippen LogP contribution in [-0.2, 0) is 16.1 Å². The highest BCUT2D eigenvalue weighted by molar-refractivity contribution is 7.19. The van der Waals surface area contributed by atoms with Crippen LogP contribution in [-0.4, -0.2) is 48.9 Å². The Balaban J connectivity index is 0.000000243. The molecule has 0 bridgehead atoms. The van der Waals surface area contributed by atoms with Gasteiger partial charge in [0.05, 0.1) is 28.9 Å². The third-order valence-corrected chi connectivity index (χ3v) is 8.09. The highest BCUT2D eigenvalue weighted by Crippen LogP contribution is 2.29. The van der Waals surface area contributed by atoms with Gasteiger partial charge in [-0.15, -0.1) is 22.7 Å². The summed E-state index contributed by atoms with van der Waals surface area (Å²) >= 11 is 3.35. The molecule has 0 aliphatic carbocycles. The second-order valence-corrected chi connectivity index (χ2v) is 11.0. The number of carbonyl (C=O) groups excluding carboxylic acids is 2. The largest absolute Gasteiger partial charge is 0.374 e. The van der Waals surface area contributed by atoms with Gasteiger partial charge in [0.2, 0.25) is 0 Å². The molecule has 5 rings (SSSR count). The number of hydrogen-bond acceptors (Lipinski definition) is 8. The van der Waals surface area contributed by atoms with Gasteiger partial charge in [-0.3, -0.25) is 9.78 Å². The van der Waals surface area contributed by atoms with E-state index in [-0.39, 0.29) is 18.4 Å². The lowest BCUT2D eigenvalue weighted by atomic mass is 9.96. The number of nitrogens with zero attached hydrogens (tertiary/aromatic N) is 3. The minimum absolute atomic E-state index is 0.0670. The smallest absolute Gasteiger partial charge is 0.167 e. The van der Waals surface area contributed by atoms with Crippen LogP contribution in [0.5, 0.6) is 0 Å². The highest BCUT2D eigenvalue weighted by atomic mass is 32.1. The SMILES string of the molecule is CN(CC=O)C(=NC1=C(C=O)N[C@H](c2ccc(F)cc2)CC1)c1cccs1.CNCc1cc2cnccc2s1. The molecule has 4 heterocycles. The summed E-state index contributed by atoms with van der Waals surface area (Å²) in [6.07, 6.45) is 6.67. The quantitative estimate of drug-likeness (QED) is 0.172. The molecule has 0 fully saturated rings. The van der Waals surface area contributed by atoms with Crippen molar-refractivity contribution in [1.82, 2.24) is 20.5 Å². The van der Waals surface area contributed by atoms with E-state index >= 15 is 0 Å². The van der Waals surface area contributed by atoms with Gasteiger partial charge in [-0.1, -0.05) is 18.2 Å². The molecule has 0 saturated carbocycles. The third kappa shape index (κ3) is 7.44. The number of fused-ring (bicyclic) bond motifs is 1. The first-order valence-electron chi connectivity index (χ1n) is 12.5. The fraction of sp³-hybridized carbons (Fsp3) is 0.241. The van der Waals surface area contributed by atoms with Crippen molar-refractivity contribution in [3.05, 3.63) is 98.8 Å². The van der Waals surface area contributed by atoms with E-state index in [1.165, 1.54) is 38.4 Å². The lowest BCUT2D eigenvalue weighted by Gasteiger charge is -2.27. The summed E-state index contributed by atoms with van der Waals surface area (Å²) in [4.78, 5) is 35.4. The Hall–Kier alpha value is -3.73. The molecule has 3 aromatic heterocycles. The van der Waals surface area contributed by atoms with Gasteiger partial charge in [-0.2, -0.15) is 0 Å². The summed E-state index contributed by atoms with van der Waals surface area (Å²) in [5.74, 6) is 0.373. The van der Waals surface area contributed by atoms with Gasteiger partial charge in [0.15, 0.2) is 6.29 Å². The second kappa shape index (κ2) is 13.9. The van der Waals surface area contributed by atoms with Crippen molar-refractivity contribution in [2.24, 2.45) is 4.99 Å². The van der Waals surface area contributed by atoms with Crippen molar-refractivity contribution in [1.29, 1.82) is 0 Å². The molecule has 0 amide bonds. The molecule has 2 N–H and O–H groups in total. The first-order valence-corrected chi connectivity index (χ1v) is 14.2. The molecule has 1 aliphatic rings. The van der Waals surface area contributed by atoms with Crippen LogP contribution in [0, 0.1) is 5.82 Å². The number of pyridine rings is 1. The molecule has 202 valence electrons. The molecule has 0 radical (unpaired) electrons. The van der Waals surface area contributed by atoms with Crippen molar-refractivity contribution in [3.8, 4) is 0 Å². The number of carbonyl (C=O) groups is 2. The fourth-order valence-electron chi connectivity index (χ4n) is 4.18. The van der Waals surface area contributed by atoms with Crippen LogP contribution in [0.25, 0.3) is 10.1 Å². The molecular formula is C29H30FN5O2S2. The minimum Gasteiger partial charge on any atom is -0.374 e. The summed E-state index contributed by atoms with van der Waals surface area (Å²) in [5, 5.41) is 9.53. The van der Waals surface area contributed by atoms with Crippen molar-refractivity contribution in [3.63, 3.8) is 0 Å². The van der Waals surface area contributed by atoms with E-state index in [2.05, 4.69) is 27.8 Å². The molecule has 1 aromatic carbocycles. The van der Waals surface area contributed by atoms with Crippen LogP contribution in [0.3, 0.4) is 0 Å². The summed E-state index contributed by atoms with van der Waals surface area (Å²) < 4.78 is 14.5. The predicted molar refractivity (Wildman–Crippen MR) is 157 cm³/mol. The Kier molecular flexibility index (Phi) is 10.1. The van der Waals surface area contributed by atoms with Crippen LogP contribution < -0.4 is 10.6 Å². The number of halogens is 1. The van der Waals surface area contributed by atoms with Crippen molar-refractivity contribution in [2.45, 2.75) is 25.4 Å². The number of nitrogens with one attached hydrogen (secondary N) is 2. The van der Waals surface area contributed by atoms with Crippen molar-refractivity contribution in [2.75, 3.05) is 20.6 Å². The summed E-state index contributed by atoms with van der Waals surface area (Å²) in [5.41, 5.74) is 2.00. The normalized spacial score (nSPS) is 15.4. The fourth-order valence-corrected chi connectivity index (χ4v) is 5.99. The molecule has 1 atom stereocenters. The average Bonchev–Trinajstić information content (AvgIpc) is 3.63. The van der Waals surface area contributed by atoms with Gasteiger partial charge in [0, 0.05) is 40.9 Å². The lowest BCUT2D eigenvalue weighted by Crippen LogP contribution is -2.31. The van der Waals surface area contributed by atoms with Crippen LogP contribution in [0.15, 0.2) is 82.7 Å². The number of allylic oxidation sites excluding steroid dienone is 2. The number of aromatic nitrogens is 1. The van der Waals surface area contributed by atoms with E-state index in [1.807, 2.05) is 48.3 Å². The zero-order valence-electron chi connectivity index (χ0n) is 21.8. The molecule has 7 nitrogen and oxygen atoms in total. The Morgan fingerprint density at radius 1 is 1.26 bits per heavy atom. The van der Waals surface area contributed by atoms with E-state index < -0.39 is 0 Å². The van der Waals surface area contributed by atoms with Crippen LogP contribution in [0.4, 0.5) is 4.39 Å². The molecule has 0 saturated heterocycles. The molecule has 0 unspecified atom stereocenters. The van der Waals surface area contributed by atoms with E-state index in [0.717, 1.165) is 36.0 Å². The van der Waals surface area contributed by atoms with Gasteiger partial charge in [-0.05, 0) is 61.2 Å². The maximum Gasteiger partial charge on any atom is 0.167 e. The molecule has 10 heteroatoms. The zero-order chi connectivity index (χ0) is 27.6. The van der Waals surface area contributed by atoms with E-state index in [1.54, 1.807) is 24.1 Å². The van der Waals surface area contributed by atoms with Crippen LogP contribution >= 0.6 is 22.7 Å². The van der Waals surface area contributed by atoms with Crippen molar-refractivity contribution >= 4 is 51.2 Å². The maximum atomic E-state index is 13.1. The summed E-state index contributed by atoms with van der Waals surface area (Å²) in [7, 11) is 3.76.